The molecule has 1 fully saturated rings. The van der Waals surface area contributed by atoms with Crippen molar-refractivity contribution >= 4 is 5.91 Å². The van der Waals surface area contributed by atoms with Gasteiger partial charge in [-0.3, -0.25) is 9.69 Å². The fraction of sp³-hybridized carbons (Fsp3) is 0.765. The second kappa shape index (κ2) is 8.93. The molecule has 0 unspecified atom stereocenters. The summed E-state index contributed by atoms with van der Waals surface area (Å²) in [4.78, 5) is 18.6. The maximum Gasteiger partial charge on any atom is 0.234 e. The zero-order chi connectivity index (χ0) is 15.8. The zero-order valence-electron chi connectivity index (χ0n) is 14.1. The SMILES string of the molecule is CCn1ccnc1CN(C)CC(=O)NC1CCCCCCC1. The fourth-order valence-electron chi connectivity index (χ4n) is 3.20. The minimum absolute atomic E-state index is 0.141. The van der Waals surface area contributed by atoms with Crippen molar-refractivity contribution in [3.8, 4) is 0 Å². The molecule has 0 saturated heterocycles. The summed E-state index contributed by atoms with van der Waals surface area (Å²) in [7, 11) is 1.98. The standard InChI is InChI=1S/C17H30N4O/c1-3-21-12-11-18-16(21)13-20(2)14-17(22)19-15-9-7-5-4-6-8-10-15/h11-12,15H,3-10,13-14H2,1-2H3,(H,19,22). The van der Waals surface area contributed by atoms with Gasteiger partial charge in [0.15, 0.2) is 0 Å². The van der Waals surface area contributed by atoms with Crippen LogP contribution in [0.3, 0.4) is 0 Å². The molecule has 0 aromatic carbocycles. The molecular weight excluding hydrogens is 276 g/mol. The number of aromatic nitrogens is 2. The Morgan fingerprint density at radius 1 is 1.32 bits per heavy atom. The number of aryl methyl sites for hydroxylation is 1. The lowest BCUT2D eigenvalue weighted by Gasteiger charge is -2.23. The van der Waals surface area contributed by atoms with E-state index in [-0.39, 0.29) is 5.91 Å². The average molecular weight is 306 g/mol. The molecule has 5 heteroatoms. The van der Waals surface area contributed by atoms with Crippen LogP contribution in [0.4, 0.5) is 0 Å². The Morgan fingerprint density at radius 3 is 2.68 bits per heavy atom. The van der Waals surface area contributed by atoms with Crippen LogP contribution in [0.2, 0.25) is 0 Å². The quantitative estimate of drug-likeness (QED) is 0.879. The lowest BCUT2D eigenvalue weighted by atomic mass is 9.97. The van der Waals surface area contributed by atoms with Gasteiger partial charge in [-0.25, -0.2) is 4.98 Å². The summed E-state index contributed by atoms with van der Waals surface area (Å²) in [5.41, 5.74) is 0. The second-order valence-corrected chi connectivity index (χ2v) is 6.41. The number of hydrogen-bond donors (Lipinski definition) is 1. The molecule has 1 aromatic rings. The number of nitrogens with zero attached hydrogens (tertiary/aromatic N) is 3. The number of likely N-dealkylation sites (N-methyl/N-ethyl adjacent to an activating group) is 1. The van der Waals surface area contributed by atoms with E-state index in [0.29, 0.717) is 19.1 Å². The largest absolute Gasteiger partial charge is 0.352 e. The van der Waals surface area contributed by atoms with Gasteiger partial charge >= 0.3 is 0 Å². The molecule has 1 aliphatic rings. The van der Waals surface area contributed by atoms with Crippen molar-refractivity contribution in [3.63, 3.8) is 0 Å². The van der Waals surface area contributed by atoms with E-state index in [1.165, 1.54) is 32.1 Å². The van der Waals surface area contributed by atoms with Gasteiger partial charge in [-0.2, -0.15) is 0 Å². The van der Waals surface area contributed by atoms with Gasteiger partial charge in [-0.1, -0.05) is 32.1 Å². The van der Waals surface area contributed by atoms with Gasteiger partial charge < -0.3 is 9.88 Å². The van der Waals surface area contributed by atoms with E-state index in [1.807, 2.05) is 24.3 Å². The number of hydrogen-bond acceptors (Lipinski definition) is 3. The molecule has 124 valence electrons. The Bertz CT molecular complexity index is 449. The maximum absolute atomic E-state index is 12.2. The summed E-state index contributed by atoms with van der Waals surface area (Å²) in [6.07, 6.45) is 12.5. The molecular formula is C17H30N4O. The highest BCUT2D eigenvalue weighted by atomic mass is 16.2. The molecule has 22 heavy (non-hydrogen) atoms. The average Bonchev–Trinajstić information content (AvgIpc) is 2.88. The topological polar surface area (TPSA) is 50.2 Å². The molecule has 0 spiro atoms. The Balaban J connectivity index is 1.75. The predicted molar refractivity (Wildman–Crippen MR) is 88.5 cm³/mol. The van der Waals surface area contributed by atoms with Crippen LogP contribution >= 0.6 is 0 Å². The first-order valence-electron chi connectivity index (χ1n) is 8.67. The van der Waals surface area contributed by atoms with Crippen LogP contribution in [0.5, 0.6) is 0 Å². The zero-order valence-corrected chi connectivity index (χ0v) is 14.1. The monoisotopic (exact) mass is 306 g/mol. The van der Waals surface area contributed by atoms with Crippen LogP contribution in [-0.4, -0.2) is 40.0 Å². The summed E-state index contributed by atoms with van der Waals surface area (Å²) in [5, 5.41) is 3.22. The van der Waals surface area contributed by atoms with Gasteiger partial charge in [0, 0.05) is 25.0 Å². The highest BCUT2D eigenvalue weighted by Crippen LogP contribution is 2.17. The Kier molecular flexibility index (Phi) is 6.90. The first kappa shape index (κ1) is 17.0. The Hall–Kier alpha value is -1.36. The van der Waals surface area contributed by atoms with Crippen molar-refractivity contribution in [3.05, 3.63) is 18.2 Å². The van der Waals surface area contributed by atoms with Crippen LogP contribution in [0, 0.1) is 0 Å². The highest BCUT2D eigenvalue weighted by molar-refractivity contribution is 5.78. The first-order valence-corrected chi connectivity index (χ1v) is 8.67. The van der Waals surface area contributed by atoms with E-state index < -0.39 is 0 Å². The third kappa shape index (κ3) is 5.44. The van der Waals surface area contributed by atoms with Gasteiger partial charge in [0.1, 0.15) is 5.82 Å². The normalized spacial score (nSPS) is 17.2. The van der Waals surface area contributed by atoms with Gasteiger partial charge in [-0.05, 0) is 26.8 Å². The van der Waals surface area contributed by atoms with E-state index >= 15 is 0 Å². The van der Waals surface area contributed by atoms with Crippen LogP contribution in [0.15, 0.2) is 12.4 Å². The van der Waals surface area contributed by atoms with Gasteiger partial charge in [0.2, 0.25) is 5.91 Å². The van der Waals surface area contributed by atoms with Crippen LogP contribution < -0.4 is 5.32 Å². The third-order valence-corrected chi connectivity index (χ3v) is 4.44. The molecule has 1 aliphatic carbocycles. The predicted octanol–water partition coefficient (Wildman–Crippen LogP) is 2.56. The van der Waals surface area contributed by atoms with Gasteiger partial charge in [0.25, 0.3) is 0 Å². The summed E-state index contributed by atoms with van der Waals surface area (Å²) in [6.45, 7) is 4.16. The molecule has 0 bridgehead atoms. The molecule has 1 heterocycles. The fourth-order valence-corrected chi connectivity index (χ4v) is 3.20. The number of imidazole rings is 1. The number of carbonyl (C=O) groups is 1. The molecule has 1 aromatic heterocycles. The van der Waals surface area contributed by atoms with E-state index in [2.05, 4.69) is 21.8 Å². The van der Waals surface area contributed by atoms with Crippen LogP contribution in [0.1, 0.15) is 57.7 Å². The molecule has 1 saturated carbocycles. The van der Waals surface area contributed by atoms with Crippen molar-refractivity contribution in [2.75, 3.05) is 13.6 Å². The van der Waals surface area contributed by atoms with Crippen molar-refractivity contribution in [2.24, 2.45) is 0 Å². The molecule has 1 N–H and O–H groups in total. The lowest BCUT2D eigenvalue weighted by Crippen LogP contribution is -2.41. The van der Waals surface area contributed by atoms with E-state index in [9.17, 15) is 4.79 Å². The summed E-state index contributed by atoms with van der Waals surface area (Å²) in [6, 6.07) is 0.374. The van der Waals surface area contributed by atoms with Crippen molar-refractivity contribution in [1.29, 1.82) is 0 Å². The van der Waals surface area contributed by atoms with E-state index in [0.717, 1.165) is 25.2 Å². The highest BCUT2D eigenvalue weighted by Gasteiger charge is 2.15. The minimum Gasteiger partial charge on any atom is -0.352 e. The maximum atomic E-state index is 12.2. The first-order chi connectivity index (χ1) is 10.7. The van der Waals surface area contributed by atoms with Crippen LogP contribution in [0.25, 0.3) is 0 Å². The summed E-state index contributed by atoms with van der Waals surface area (Å²) in [5.74, 6) is 1.16. The molecule has 2 rings (SSSR count). The Labute approximate surface area is 134 Å². The van der Waals surface area contributed by atoms with E-state index in [1.54, 1.807) is 0 Å². The lowest BCUT2D eigenvalue weighted by molar-refractivity contribution is -0.122. The van der Waals surface area contributed by atoms with Crippen molar-refractivity contribution < 1.29 is 4.79 Å². The summed E-state index contributed by atoms with van der Waals surface area (Å²) >= 11 is 0. The second-order valence-electron chi connectivity index (χ2n) is 6.41. The molecule has 0 aliphatic heterocycles. The molecule has 1 amide bonds. The minimum atomic E-state index is 0.141. The Morgan fingerprint density at radius 2 is 2.00 bits per heavy atom. The molecule has 0 atom stereocenters. The number of rotatable bonds is 6. The van der Waals surface area contributed by atoms with Crippen LogP contribution in [-0.2, 0) is 17.9 Å². The number of carbonyl (C=O) groups excluding carboxylic acids is 1. The van der Waals surface area contributed by atoms with Gasteiger partial charge in [0.05, 0.1) is 13.1 Å². The number of nitrogens with one attached hydrogen (secondary N) is 1. The third-order valence-electron chi connectivity index (χ3n) is 4.44. The van der Waals surface area contributed by atoms with Crippen molar-refractivity contribution in [2.45, 2.75) is 71.0 Å². The smallest absolute Gasteiger partial charge is 0.234 e. The van der Waals surface area contributed by atoms with Gasteiger partial charge in [-0.15, -0.1) is 0 Å². The molecule has 5 nitrogen and oxygen atoms in total. The molecule has 0 radical (unpaired) electrons. The van der Waals surface area contributed by atoms with Crippen molar-refractivity contribution in [1.82, 2.24) is 19.8 Å². The summed E-state index contributed by atoms with van der Waals surface area (Å²) < 4.78 is 2.11. The number of amides is 1. The van der Waals surface area contributed by atoms with E-state index in [4.69, 9.17) is 0 Å².